The third-order valence-corrected chi connectivity index (χ3v) is 5.50. The number of benzene rings is 2. The van der Waals surface area contributed by atoms with Crippen molar-refractivity contribution in [2.24, 2.45) is 4.99 Å². The van der Waals surface area contributed by atoms with Crippen LogP contribution in [0.5, 0.6) is 0 Å². The highest BCUT2D eigenvalue weighted by molar-refractivity contribution is 6.52. The smallest absolute Gasteiger partial charge is 0.235 e. The van der Waals surface area contributed by atoms with Crippen LogP contribution in [-0.2, 0) is 17.8 Å². The van der Waals surface area contributed by atoms with E-state index in [1.54, 1.807) is 6.08 Å². The fourth-order valence-electron chi connectivity index (χ4n) is 4.47. The first kappa shape index (κ1) is 13.1. The second-order valence-corrected chi connectivity index (χ2v) is 6.74. The van der Waals surface area contributed by atoms with Gasteiger partial charge in [-0.1, -0.05) is 24.3 Å². The number of hydrogen-bond donors (Lipinski definition) is 1. The summed E-state index contributed by atoms with van der Waals surface area (Å²) in [6.07, 6.45) is 5.75. The lowest BCUT2D eigenvalue weighted by molar-refractivity contribution is -0.110. The van der Waals surface area contributed by atoms with Crippen LogP contribution in [0, 0.1) is 0 Å². The summed E-state index contributed by atoms with van der Waals surface area (Å²) in [5.41, 5.74) is 9.37. The van der Waals surface area contributed by atoms with Gasteiger partial charge in [0.15, 0.2) is 0 Å². The van der Waals surface area contributed by atoms with E-state index in [4.69, 9.17) is 0 Å². The number of carbonyl (C=O) groups is 2. The van der Waals surface area contributed by atoms with Crippen LogP contribution in [0.25, 0.3) is 28.1 Å². The predicted molar refractivity (Wildman–Crippen MR) is 96.2 cm³/mol. The maximum atomic E-state index is 12.5. The van der Waals surface area contributed by atoms with Gasteiger partial charge in [0, 0.05) is 23.6 Å². The van der Waals surface area contributed by atoms with E-state index in [0.29, 0.717) is 12.1 Å². The van der Waals surface area contributed by atoms with Crippen molar-refractivity contribution < 1.29 is 9.59 Å². The maximum Gasteiger partial charge on any atom is 0.235 e. The number of carbonyl (C=O) groups excluding carboxylic acids is 2. The predicted octanol–water partition coefficient (Wildman–Crippen LogP) is 3.45. The van der Waals surface area contributed by atoms with E-state index in [1.807, 2.05) is 6.21 Å². The Morgan fingerprint density at radius 2 is 1.88 bits per heavy atom. The molecule has 1 aliphatic heterocycles. The fraction of sp³-hybridized carbons (Fsp3) is 0.0952. The molecule has 0 amide bonds. The number of rotatable bonds is 0. The van der Waals surface area contributed by atoms with E-state index < -0.39 is 11.6 Å². The van der Waals surface area contributed by atoms with Crippen molar-refractivity contribution in [3.05, 3.63) is 63.9 Å². The molecule has 0 bridgehead atoms. The third kappa shape index (κ3) is 1.45. The number of fused-ring (bicyclic) bond motifs is 10. The van der Waals surface area contributed by atoms with Gasteiger partial charge in [-0.25, -0.2) is 0 Å². The molecule has 1 N–H and O–H groups in total. The van der Waals surface area contributed by atoms with E-state index in [9.17, 15) is 9.59 Å². The van der Waals surface area contributed by atoms with E-state index >= 15 is 0 Å². The number of allylic oxidation sites excluding steroid dienone is 1. The summed E-state index contributed by atoms with van der Waals surface area (Å²) in [7, 11) is 0. The van der Waals surface area contributed by atoms with Gasteiger partial charge in [-0.2, -0.15) is 0 Å². The number of Topliss-reactive ketones (excluding diaryl/α,β-unsaturated/α-hetero) is 1. The van der Waals surface area contributed by atoms with Crippen LogP contribution in [0.4, 0.5) is 0 Å². The molecule has 0 radical (unpaired) electrons. The zero-order chi connectivity index (χ0) is 16.7. The molecule has 0 spiro atoms. The van der Waals surface area contributed by atoms with Crippen molar-refractivity contribution in [3.63, 3.8) is 0 Å². The van der Waals surface area contributed by atoms with Gasteiger partial charge in [-0.15, -0.1) is 0 Å². The Morgan fingerprint density at radius 3 is 2.80 bits per heavy atom. The Balaban J connectivity index is 1.81. The van der Waals surface area contributed by atoms with Gasteiger partial charge < -0.3 is 4.98 Å². The van der Waals surface area contributed by atoms with Crippen LogP contribution < -0.4 is 0 Å². The second-order valence-electron chi connectivity index (χ2n) is 6.74. The number of aromatic amines is 1. The zero-order valence-corrected chi connectivity index (χ0v) is 13.2. The summed E-state index contributed by atoms with van der Waals surface area (Å²) >= 11 is 0. The average molecular weight is 324 g/mol. The first-order valence-corrected chi connectivity index (χ1v) is 8.32. The van der Waals surface area contributed by atoms with E-state index in [0.717, 1.165) is 28.6 Å². The van der Waals surface area contributed by atoms with Gasteiger partial charge >= 0.3 is 0 Å². The van der Waals surface area contributed by atoms with Gasteiger partial charge in [-0.05, 0) is 40.0 Å². The van der Waals surface area contributed by atoms with Crippen LogP contribution in [0.2, 0.25) is 0 Å². The monoisotopic (exact) mass is 324 g/mol. The molecular formula is C21H12N2O2. The average Bonchev–Trinajstić information content (AvgIpc) is 3.31. The molecule has 1 aromatic heterocycles. The number of nitrogens with one attached hydrogen (secondary N) is 1. The lowest BCUT2D eigenvalue weighted by Crippen LogP contribution is -2.15. The molecule has 2 heterocycles. The molecule has 0 saturated heterocycles. The molecule has 4 heteroatoms. The molecule has 0 fully saturated rings. The largest absolute Gasteiger partial charge is 0.354 e. The Kier molecular flexibility index (Phi) is 2.21. The lowest BCUT2D eigenvalue weighted by Gasteiger charge is -2.11. The Labute approximate surface area is 142 Å². The zero-order valence-electron chi connectivity index (χ0n) is 13.2. The molecule has 25 heavy (non-hydrogen) atoms. The quantitative estimate of drug-likeness (QED) is 0.504. The topological polar surface area (TPSA) is 62.3 Å². The summed E-state index contributed by atoms with van der Waals surface area (Å²) < 4.78 is 0. The van der Waals surface area contributed by atoms with Gasteiger partial charge in [0.05, 0.1) is 23.3 Å². The van der Waals surface area contributed by atoms with Crippen molar-refractivity contribution in [2.75, 3.05) is 0 Å². The molecule has 3 aromatic rings. The standard InChI is InChI=1S/C21H12N2O2/c24-16-6-5-15-19(21(16)25)18-14-9-22-8-13(14)17-11-4-2-1-3-10(11)7-12(17)20(18)23-15/h1-6,9,23H,7-8H2. The summed E-state index contributed by atoms with van der Waals surface area (Å²) in [6.45, 7) is 0.625. The number of aliphatic imine (C=N–C) groups is 1. The first-order valence-electron chi connectivity index (χ1n) is 8.32. The van der Waals surface area contributed by atoms with Crippen molar-refractivity contribution >= 4 is 34.8 Å². The van der Waals surface area contributed by atoms with Gasteiger partial charge in [-0.3, -0.25) is 14.6 Å². The normalized spacial score (nSPS) is 16.3. The lowest BCUT2D eigenvalue weighted by atomic mass is 9.89. The minimum absolute atomic E-state index is 0.429. The Hall–Kier alpha value is -3.27. The van der Waals surface area contributed by atoms with Crippen molar-refractivity contribution in [3.8, 4) is 11.1 Å². The molecule has 118 valence electrons. The number of hydrogen-bond acceptors (Lipinski definition) is 3. The molecule has 0 atom stereocenters. The SMILES string of the molecule is O=C1C=Cc2[nH]c3c4c(c5c(c3c2C1=O)C=NC5)-c1ccccc1C4. The summed E-state index contributed by atoms with van der Waals surface area (Å²) in [5.74, 6) is -0.886. The summed E-state index contributed by atoms with van der Waals surface area (Å²) in [4.78, 5) is 32.4. The second kappa shape index (κ2) is 4.22. The highest BCUT2D eigenvalue weighted by atomic mass is 16.2. The van der Waals surface area contributed by atoms with Crippen molar-refractivity contribution in [2.45, 2.75) is 13.0 Å². The third-order valence-electron chi connectivity index (χ3n) is 5.50. The molecule has 3 aliphatic rings. The molecule has 0 unspecified atom stereocenters. The molecule has 2 aliphatic carbocycles. The van der Waals surface area contributed by atoms with Crippen LogP contribution in [-0.4, -0.2) is 22.8 Å². The Morgan fingerprint density at radius 1 is 1.00 bits per heavy atom. The number of H-pyrrole nitrogens is 1. The minimum atomic E-state index is -0.458. The number of aromatic nitrogens is 1. The molecule has 0 saturated carbocycles. The maximum absolute atomic E-state index is 12.5. The van der Waals surface area contributed by atoms with E-state index in [2.05, 4.69) is 34.2 Å². The van der Waals surface area contributed by atoms with Crippen LogP contribution in [0.15, 0.2) is 35.3 Å². The molecule has 2 aromatic carbocycles. The molecule has 4 nitrogen and oxygen atoms in total. The van der Waals surface area contributed by atoms with Gasteiger partial charge in [0.25, 0.3) is 0 Å². The van der Waals surface area contributed by atoms with Crippen LogP contribution in [0.1, 0.15) is 38.3 Å². The summed E-state index contributed by atoms with van der Waals surface area (Å²) in [5, 5.41) is 0.862. The van der Waals surface area contributed by atoms with Crippen LogP contribution in [0.3, 0.4) is 0 Å². The fourth-order valence-corrected chi connectivity index (χ4v) is 4.47. The Bertz CT molecular complexity index is 1220. The number of nitrogens with zero attached hydrogens (tertiary/aromatic N) is 1. The highest BCUT2D eigenvalue weighted by Crippen LogP contribution is 2.47. The van der Waals surface area contributed by atoms with E-state index in [1.165, 1.54) is 33.9 Å². The highest BCUT2D eigenvalue weighted by Gasteiger charge is 2.33. The molecule has 6 rings (SSSR count). The summed E-state index contributed by atoms with van der Waals surface area (Å²) in [6, 6.07) is 8.43. The minimum Gasteiger partial charge on any atom is -0.354 e. The molecular weight excluding hydrogens is 312 g/mol. The first-order chi connectivity index (χ1) is 12.2. The van der Waals surface area contributed by atoms with Crippen molar-refractivity contribution in [1.82, 2.24) is 4.98 Å². The number of ketones is 2. The van der Waals surface area contributed by atoms with Crippen LogP contribution >= 0.6 is 0 Å². The van der Waals surface area contributed by atoms with Gasteiger partial charge in [0.1, 0.15) is 0 Å². The van der Waals surface area contributed by atoms with Gasteiger partial charge in [0.2, 0.25) is 11.6 Å². The van der Waals surface area contributed by atoms with Crippen molar-refractivity contribution in [1.29, 1.82) is 0 Å². The van der Waals surface area contributed by atoms with E-state index in [-0.39, 0.29) is 0 Å².